The normalized spacial score (nSPS) is 23.6. The number of piperidine rings is 1. The van der Waals surface area contributed by atoms with Crippen LogP contribution in [0.3, 0.4) is 0 Å². The number of nitrogens with zero attached hydrogens (tertiary/aromatic N) is 2. The van der Waals surface area contributed by atoms with Gasteiger partial charge in [-0.1, -0.05) is 17.7 Å². The van der Waals surface area contributed by atoms with E-state index in [9.17, 15) is 14.9 Å². The Bertz CT molecular complexity index is 597. The van der Waals surface area contributed by atoms with Gasteiger partial charge in [0.05, 0.1) is 9.95 Å². The number of fused-ring (bicyclic) bond motifs is 1. The van der Waals surface area contributed by atoms with Crippen molar-refractivity contribution >= 4 is 35.6 Å². The third-order valence-electron chi connectivity index (χ3n) is 4.39. The molecule has 1 aromatic carbocycles. The molecule has 0 bridgehead atoms. The highest BCUT2D eigenvalue weighted by atomic mass is 35.5. The van der Waals surface area contributed by atoms with Gasteiger partial charge in [-0.2, -0.15) is 0 Å². The maximum atomic E-state index is 12.7. The van der Waals surface area contributed by atoms with Crippen LogP contribution in [0.15, 0.2) is 18.2 Å². The Morgan fingerprint density at radius 3 is 2.82 bits per heavy atom. The second-order valence-corrected chi connectivity index (χ2v) is 6.02. The molecule has 2 saturated heterocycles. The van der Waals surface area contributed by atoms with E-state index in [4.69, 9.17) is 11.6 Å². The van der Waals surface area contributed by atoms with Crippen molar-refractivity contribution in [3.8, 4) is 0 Å². The predicted molar refractivity (Wildman–Crippen MR) is 85.7 cm³/mol. The van der Waals surface area contributed by atoms with Crippen LogP contribution < -0.4 is 5.32 Å². The lowest BCUT2D eigenvalue weighted by atomic mass is 9.88. The van der Waals surface area contributed by atoms with Gasteiger partial charge in [0.25, 0.3) is 11.6 Å². The number of hydrogen-bond donors (Lipinski definition) is 1. The highest BCUT2D eigenvalue weighted by molar-refractivity contribution is 6.34. The molecule has 0 radical (unpaired) electrons. The molecule has 2 fully saturated rings. The molecule has 6 nitrogen and oxygen atoms in total. The molecule has 2 unspecified atom stereocenters. The second-order valence-electron chi connectivity index (χ2n) is 5.61. The molecule has 0 aliphatic carbocycles. The summed E-state index contributed by atoms with van der Waals surface area (Å²) in [5, 5.41) is 14.6. The molecule has 2 heterocycles. The van der Waals surface area contributed by atoms with Crippen molar-refractivity contribution in [3.63, 3.8) is 0 Å². The van der Waals surface area contributed by atoms with Crippen molar-refractivity contribution in [2.75, 3.05) is 26.2 Å². The molecule has 0 aromatic heterocycles. The number of halogens is 2. The SMILES string of the molecule is Cl.O=C(c1c(Cl)cccc1[N+](=O)[O-])N1CCC2CNCC2C1. The number of hydrogen-bond acceptors (Lipinski definition) is 4. The molecule has 1 N–H and O–H groups in total. The third kappa shape index (κ3) is 3.04. The van der Waals surface area contributed by atoms with Crippen LogP contribution >= 0.6 is 24.0 Å². The zero-order valence-corrected chi connectivity index (χ0v) is 13.4. The van der Waals surface area contributed by atoms with E-state index in [1.807, 2.05) is 0 Å². The van der Waals surface area contributed by atoms with Crippen molar-refractivity contribution in [3.05, 3.63) is 38.9 Å². The summed E-state index contributed by atoms with van der Waals surface area (Å²) in [5.74, 6) is 0.706. The molecule has 2 aliphatic heterocycles. The Labute approximate surface area is 139 Å². The first-order valence-corrected chi connectivity index (χ1v) is 7.38. The summed E-state index contributed by atoms with van der Waals surface area (Å²) in [6, 6.07) is 4.33. The fraction of sp³-hybridized carbons (Fsp3) is 0.500. The standard InChI is InChI=1S/C14H16ClN3O3.ClH/c15-11-2-1-3-12(18(20)21)13(11)14(19)17-5-4-9-6-16-7-10(9)8-17;/h1-3,9-10,16H,4-8H2;1H. The van der Waals surface area contributed by atoms with Crippen molar-refractivity contribution in [2.45, 2.75) is 6.42 Å². The van der Waals surface area contributed by atoms with Crippen LogP contribution in [0.4, 0.5) is 5.69 Å². The number of carbonyl (C=O) groups excluding carboxylic acids is 1. The van der Waals surface area contributed by atoms with Gasteiger partial charge >= 0.3 is 0 Å². The summed E-state index contributed by atoms with van der Waals surface area (Å²) in [7, 11) is 0. The zero-order valence-electron chi connectivity index (χ0n) is 11.8. The van der Waals surface area contributed by atoms with Crippen LogP contribution in [0, 0.1) is 22.0 Å². The van der Waals surface area contributed by atoms with Crippen LogP contribution in [0.1, 0.15) is 16.8 Å². The topological polar surface area (TPSA) is 75.5 Å². The monoisotopic (exact) mass is 345 g/mol. The van der Waals surface area contributed by atoms with Crippen molar-refractivity contribution in [2.24, 2.45) is 11.8 Å². The Kier molecular flexibility index (Phi) is 5.26. The van der Waals surface area contributed by atoms with E-state index in [0.717, 1.165) is 19.5 Å². The molecular weight excluding hydrogens is 329 g/mol. The lowest BCUT2D eigenvalue weighted by Crippen LogP contribution is -2.43. The van der Waals surface area contributed by atoms with E-state index in [1.165, 1.54) is 18.2 Å². The molecular formula is C14H17Cl2N3O3. The van der Waals surface area contributed by atoms with E-state index in [2.05, 4.69) is 5.32 Å². The van der Waals surface area contributed by atoms with Crippen LogP contribution in [0.5, 0.6) is 0 Å². The number of nitro benzene ring substituents is 1. The maximum absolute atomic E-state index is 12.7. The van der Waals surface area contributed by atoms with E-state index in [1.54, 1.807) is 4.90 Å². The molecule has 8 heteroatoms. The first-order valence-electron chi connectivity index (χ1n) is 7.01. The zero-order chi connectivity index (χ0) is 15.0. The molecule has 2 aliphatic rings. The van der Waals surface area contributed by atoms with Gasteiger partial charge in [0.2, 0.25) is 0 Å². The van der Waals surface area contributed by atoms with E-state index >= 15 is 0 Å². The fourth-order valence-electron chi connectivity index (χ4n) is 3.25. The molecule has 0 spiro atoms. The van der Waals surface area contributed by atoms with Gasteiger partial charge < -0.3 is 10.2 Å². The van der Waals surface area contributed by atoms with E-state index in [-0.39, 0.29) is 34.6 Å². The number of carbonyl (C=O) groups is 1. The molecule has 22 heavy (non-hydrogen) atoms. The van der Waals surface area contributed by atoms with Gasteiger partial charge in [0.1, 0.15) is 5.56 Å². The lowest BCUT2D eigenvalue weighted by Gasteiger charge is -2.34. The van der Waals surface area contributed by atoms with Gasteiger partial charge in [-0.3, -0.25) is 14.9 Å². The average Bonchev–Trinajstić information content (AvgIpc) is 2.93. The predicted octanol–water partition coefficient (Wildman–Crippen LogP) is 2.35. The van der Waals surface area contributed by atoms with Gasteiger partial charge in [0, 0.05) is 19.2 Å². The fourth-order valence-corrected chi connectivity index (χ4v) is 3.50. The maximum Gasteiger partial charge on any atom is 0.283 e. The second kappa shape index (κ2) is 6.81. The number of nitro groups is 1. The molecule has 1 aromatic rings. The van der Waals surface area contributed by atoms with Crippen molar-refractivity contribution in [1.82, 2.24) is 10.2 Å². The smallest absolute Gasteiger partial charge is 0.283 e. The minimum Gasteiger partial charge on any atom is -0.338 e. The average molecular weight is 346 g/mol. The minimum atomic E-state index is -0.553. The molecule has 0 saturated carbocycles. The van der Waals surface area contributed by atoms with Crippen molar-refractivity contribution < 1.29 is 9.72 Å². The summed E-state index contributed by atoms with van der Waals surface area (Å²) >= 11 is 6.03. The van der Waals surface area contributed by atoms with E-state index in [0.29, 0.717) is 24.9 Å². The van der Waals surface area contributed by atoms with Crippen LogP contribution in [-0.2, 0) is 0 Å². The number of nitrogens with one attached hydrogen (secondary N) is 1. The molecule has 120 valence electrons. The van der Waals surface area contributed by atoms with Crippen molar-refractivity contribution in [1.29, 1.82) is 0 Å². The van der Waals surface area contributed by atoms with Crippen LogP contribution in [0.25, 0.3) is 0 Å². The first kappa shape index (κ1) is 17.0. The Hall–Kier alpha value is -1.37. The number of rotatable bonds is 2. The summed E-state index contributed by atoms with van der Waals surface area (Å²) in [5.41, 5.74) is -0.215. The molecule has 1 amide bonds. The lowest BCUT2D eigenvalue weighted by molar-refractivity contribution is -0.385. The third-order valence-corrected chi connectivity index (χ3v) is 4.71. The first-order chi connectivity index (χ1) is 10.1. The van der Waals surface area contributed by atoms with Crippen LogP contribution in [-0.4, -0.2) is 41.9 Å². The summed E-state index contributed by atoms with van der Waals surface area (Å²) in [6.45, 7) is 3.17. The van der Waals surface area contributed by atoms with Gasteiger partial charge in [-0.05, 0) is 37.4 Å². The molecule has 2 atom stereocenters. The largest absolute Gasteiger partial charge is 0.338 e. The van der Waals surface area contributed by atoms with E-state index < -0.39 is 4.92 Å². The summed E-state index contributed by atoms with van der Waals surface area (Å²) in [4.78, 5) is 24.9. The van der Waals surface area contributed by atoms with Gasteiger partial charge in [0.15, 0.2) is 0 Å². The number of likely N-dealkylation sites (tertiary alicyclic amines) is 1. The summed E-state index contributed by atoms with van der Waals surface area (Å²) in [6.07, 6.45) is 0.932. The molecule has 3 rings (SSSR count). The Balaban J connectivity index is 0.00000176. The Morgan fingerprint density at radius 1 is 1.36 bits per heavy atom. The Morgan fingerprint density at radius 2 is 2.09 bits per heavy atom. The van der Waals surface area contributed by atoms with Gasteiger partial charge in [-0.25, -0.2) is 0 Å². The number of amides is 1. The number of benzene rings is 1. The summed E-state index contributed by atoms with van der Waals surface area (Å²) < 4.78 is 0. The van der Waals surface area contributed by atoms with Crippen LogP contribution in [0.2, 0.25) is 5.02 Å². The highest BCUT2D eigenvalue weighted by Gasteiger charge is 2.36. The highest BCUT2D eigenvalue weighted by Crippen LogP contribution is 2.31. The minimum absolute atomic E-state index is 0. The quantitative estimate of drug-likeness (QED) is 0.659. The van der Waals surface area contributed by atoms with Gasteiger partial charge in [-0.15, -0.1) is 12.4 Å².